The first kappa shape index (κ1) is 19.8. The Morgan fingerprint density at radius 3 is 2.43 bits per heavy atom. The summed E-state index contributed by atoms with van der Waals surface area (Å²) in [5, 5.41) is 8.24. The third-order valence-corrected chi connectivity index (χ3v) is 5.90. The normalized spacial score (nSPS) is 12.2. The van der Waals surface area contributed by atoms with E-state index in [0.717, 1.165) is 17.5 Å². The van der Waals surface area contributed by atoms with Gasteiger partial charge in [-0.15, -0.1) is 5.10 Å². The zero-order chi connectivity index (χ0) is 21.0. The summed E-state index contributed by atoms with van der Waals surface area (Å²) in [5.41, 5.74) is 3.44. The summed E-state index contributed by atoms with van der Waals surface area (Å²) in [6.45, 7) is 1.90. The molecule has 0 amide bonds. The number of para-hydroxylation sites is 1. The van der Waals surface area contributed by atoms with E-state index in [0.29, 0.717) is 17.5 Å². The molecule has 7 heteroatoms. The maximum Gasteiger partial charge on any atom is 0.340 e. The molecular formula is C23H21N3O3S. The lowest BCUT2D eigenvalue weighted by molar-refractivity contribution is 0.435. The number of allylic oxidation sites excluding steroid dienone is 1. The van der Waals surface area contributed by atoms with Crippen LogP contribution in [0.2, 0.25) is 0 Å². The number of nitrogens with zero attached hydrogens (tertiary/aromatic N) is 3. The highest BCUT2D eigenvalue weighted by Crippen LogP contribution is 2.22. The van der Waals surface area contributed by atoms with E-state index in [9.17, 15) is 8.42 Å². The van der Waals surface area contributed by atoms with Crippen LogP contribution in [0, 0.1) is 6.92 Å². The van der Waals surface area contributed by atoms with Crippen LogP contribution in [0.3, 0.4) is 0 Å². The highest BCUT2D eigenvalue weighted by molar-refractivity contribution is 7.87. The van der Waals surface area contributed by atoms with E-state index in [1.807, 2.05) is 61.5 Å². The van der Waals surface area contributed by atoms with Gasteiger partial charge < -0.3 is 4.18 Å². The molecule has 6 nitrogen and oxygen atoms in total. The Morgan fingerprint density at radius 2 is 1.67 bits per heavy atom. The van der Waals surface area contributed by atoms with Crippen molar-refractivity contribution in [2.75, 3.05) is 0 Å². The Balaban J connectivity index is 1.68. The van der Waals surface area contributed by atoms with Gasteiger partial charge in [0.2, 0.25) is 5.88 Å². The molecule has 0 aliphatic carbocycles. The Labute approximate surface area is 175 Å². The largest absolute Gasteiger partial charge is 0.358 e. The number of aromatic nitrogens is 3. The van der Waals surface area contributed by atoms with Crippen LogP contribution in [0.25, 0.3) is 16.9 Å². The molecule has 30 heavy (non-hydrogen) atoms. The molecular weight excluding hydrogens is 398 g/mol. The monoisotopic (exact) mass is 419 g/mol. The van der Waals surface area contributed by atoms with Gasteiger partial charge >= 0.3 is 10.1 Å². The van der Waals surface area contributed by atoms with Crippen molar-refractivity contribution in [2.45, 2.75) is 24.7 Å². The van der Waals surface area contributed by atoms with Crippen molar-refractivity contribution in [1.82, 2.24) is 15.0 Å². The molecule has 0 aliphatic heterocycles. The lowest BCUT2D eigenvalue weighted by Crippen LogP contribution is -2.11. The molecule has 0 atom stereocenters. The predicted molar refractivity (Wildman–Crippen MR) is 116 cm³/mol. The molecule has 0 N–H and O–H groups in total. The van der Waals surface area contributed by atoms with E-state index < -0.39 is 10.1 Å². The second-order valence-corrected chi connectivity index (χ2v) is 8.45. The molecule has 0 aliphatic rings. The van der Waals surface area contributed by atoms with Crippen LogP contribution in [0.15, 0.2) is 89.8 Å². The van der Waals surface area contributed by atoms with Crippen molar-refractivity contribution in [2.24, 2.45) is 0 Å². The smallest absolute Gasteiger partial charge is 0.340 e. The minimum atomic E-state index is -4.02. The first-order valence-corrected chi connectivity index (χ1v) is 11.0. The second-order valence-electron chi connectivity index (χ2n) is 6.91. The summed E-state index contributed by atoms with van der Waals surface area (Å²) in [4.78, 5) is 0.0893. The minimum Gasteiger partial charge on any atom is -0.358 e. The van der Waals surface area contributed by atoms with Crippen molar-refractivity contribution in [3.63, 3.8) is 0 Å². The summed E-state index contributed by atoms with van der Waals surface area (Å²) in [7, 11) is -4.02. The van der Waals surface area contributed by atoms with Crippen LogP contribution in [-0.2, 0) is 20.7 Å². The van der Waals surface area contributed by atoms with Gasteiger partial charge in [-0.25, -0.2) is 0 Å². The van der Waals surface area contributed by atoms with Gasteiger partial charge in [0.15, 0.2) is 0 Å². The SMILES string of the molecule is Cc1ccc(S(=O)(=O)O/C(=C\CCc2ccccc2)n2nnc3ccccc32)cc1. The van der Waals surface area contributed by atoms with Crippen LogP contribution in [0.1, 0.15) is 17.5 Å². The molecule has 152 valence electrons. The zero-order valence-electron chi connectivity index (χ0n) is 16.5. The Bertz CT molecular complexity index is 1280. The molecule has 1 aromatic heterocycles. The van der Waals surface area contributed by atoms with Gasteiger partial charge in [0.25, 0.3) is 0 Å². The van der Waals surface area contributed by atoms with Gasteiger partial charge in [-0.2, -0.15) is 13.1 Å². The van der Waals surface area contributed by atoms with E-state index in [-0.39, 0.29) is 10.8 Å². The average molecular weight is 420 g/mol. The van der Waals surface area contributed by atoms with E-state index in [1.165, 1.54) is 16.8 Å². The number of aryl methyl sites for hydroxylation is 2. The predicted octanol–water partition coefficient (Wildman–Crippen LogP) is 4.58. The lowest BCUT2D eigenvalue weighted by Gasteiger charge is -2.11. The first-order valence-electron chi connectivity index (χ1n) is 9.59. The maximum absolute atomic E-state index is 12.9. The summed E-state index contributed by atoms with van der Waals surface area (Å²) in [6.07, 6.45) is 3.06. The lowest BCUT2D eigenvalue weighted by atomic mass is 10.1. The zero-order valence-corrected chi connectivity index (χ0v) is 17.3. The summed E-state index contributed by atoms with van der Waals surface area (Å²) >= 11 is 0. The van der Waals surface area contributed by atoms with Crippen molar-refractivity contribution in [3.05, 3.63) is 96.1 Å². The van der Waals surface area contributed by atoms with Gasteiger partial charge in [0.1, 0.15) is 10.4 Å². The fraction of sp³-hybridized carbons (Fsp3) is 0.130. The second kappa shape index (κ2) is 8.51. The third-order valence-electron chi connectivity index (χ3n) is 4.66. The van der Waals surface area contributed by atoms with Gasteiger partial charge in [0.05, 0.1) is 5.52 Å². The quantitative estimate of drug-likeness (QED) is 0.324. The molecule has 4 aromatic rings. The number of hydrogen-bond donors (Lipinski definition) is 0. The molecule has 0 radical (unpaired) electrons. The summed E-state index contributed by atoms with van der Waals surface area (Å²) in [5.74, 6) is 0.111. The Morgan fingerprint density at radius 1 is 0.967 bits per heavy atom. The van der Waals surface area contributed by atoms with Gasteiger partial charge in [0, 0.05) is 0 Å². The highest BCUT2D eigenvalue weighted by Gasteiger charge is 2.21. The van der Waals surface area contributed by atoms with Crippen molar-refractivity contribution in [1.29, 1.82) is 0 Å². The molecule has 0 unspecified atom stereocenters. The van der Waals surface area contributed by atoms with Crippen molar-refractivity contribution < 1.29 is 12.6 Å². The number of benzene rings is 3. The Hall–Kier alpha value is -3.45. The molecule has 0 saturated carbocycles. The molecule has 0 spiro atoms. The number of fused-ring (bicyclic) bond motifs is 1. The summed E-state index contributed by atoms with van der Waals surface area (Å²) in [6, 6.07) is 23.8. The molecule has 0 saturated heterocycles. The van der Waals surface area contributed by atoms with Gasteiger partial charge in [-0.05, 0) is 55.7 Å². The van der Waals surface area contributed by atoms with Crippen LogP contribution in [-0.4, -0.2) is 23.4 Å². The molecule has 0 bridgehead atoms. The number of rotatable bonds is 7. The molecule has 4 rings (SSSR count). The highest BCUT2D eigenvalue weighted by atomic mass is 32.2. The molecule has 3 aromatic carbocycles. The van der Waals surface area contributed by atoms with Gasteiger partial charge in [-0.1, -0.05) is 65.4 Å². The molecule has 1 heterocycles. The fourth-order valence-corrected chi connectivity index (χ4v) is 3.99. The van der Waals surface area contributed by atoms with Crippen LogP contribution in [0.5, 0.6) is 0 Å². The van der Waals surface area contributed by atoms with E-state index >= 15 is 0 Å². The standard InChI is InChI=1S/C23H21N3O3S/c1-18-14-16-20(17-15-18)30(27,28)29-23(13-7-10-19-8-3-2-4-9-19)26-22-12-6-5-11-21(22)24-25-26/h2-6,8-9,11-17H,7,10H2,1H3/b23-13-. The molecule has 0 fully saturated rings. The minimum absolute atomic E-state index is 0.0893. The summed E-state index contributed by atoms with van der Waals surface area (Å²) < 4.78 is 32.8. The van der Waals surface area contributed by atoms with Crippen LogP contribution in [0.4, 0.5) is 0 Å². The third kappa shape index (κ3) is 4.41. The van der Waals surface area contributed by atoms with E-state index in [4.69, 9.17) is 4.18 Å². The topological polar surface area (TPSA) is 74.1 Å². The van der Waals surface area contributed by atoms with Crippen molar-refractivity contribution >= 4 is 27.0 Å². The van der Waals surface area contributed by atoms with E-state index in [1.54, 1.807) is 18.2 Å². The first-order chi connectivity index (χ1) is 14.5. The Kier molecular flexibility index (Phi) is 5.63. The average Bonchev–Trinajstić information content (AvgIpc) is 3.18. The van der Waals surface area contributed by atoms with Crippen molar-refractivity contribution in [3.8, 4) is 0 Å². The van der Waals surface area contributed by atoms with Crippen LogP contribution < -0.4 is 0 Å². The van der Waals surface area contributed by atoms with E-state index in [2.05, 4.69) is 10.3 Å². The fourth-order valence-electron chi connectivity index (χ4n) is 3.06. The number of hydrogen-bond acceptors (Lipinski definition) is 5. The van der Waals surface area contributed by atoms with Gasteiger partial charge in [-0.3, -0.25) is 0 Å². The maximum atomic E-state index is 12.9. The van der Waals surface area contributed by atoms with Crippen LogP contribution >= 0.6 is 0 Å².